The maximum Gasteiger partial charge on any atom is 0.165 e. The summed E-state index contributed by atoms with van der Waals surface area (Å²) in [5.41, 5.74) is 7.28. The number of hydrogen-bond donors (Lipinski definition) is 1. The second-order valence-electron chi connectivity index (χ2n) is 4.59. The Morgan fingerprint density at radius 1 is 1.10 bits per heavy atom. The van der Waals surface area contributed by atoms with Crippen molar-refractivity contribution in [1.82, 2.24) is 0 Å². The smallest absolute Gasteiger partial charge is 0.165 e. The summed E-state index contributed by atoms with van der Waals surface area (Å²) in [5.74, 6) is 5.48. The summed E-state index contributed by atoms with van der Waals surface area (Å²) in [5, 5.41) is 0. The van der Waals surface area contributed by atoms with Crippen molar-refractivity contribution in [3.8, 4) is 17.6 Å². The molecule has 0 aromatic heterocycles. The molecule has 0 bridgehead atoms. The molecule has 0 aliphatic heterocycles. The van der Waals surface area contributed by atoms with Crippen LogP contribution in [-0.4, -0.2) is 13.2 Å². The highest BCUT2D eigenvalue weighted by Crippen LogP contribution is 2.18. The zero-order chi connectivity index (χ0) is 14.9. The molecule has 2 nitrogen and oxygen atoms in total. The van der Waals surface area contributed by atoms with Crippen LogP contribution in [0.15, 0.2) is 48.5 Å². The molecule has 0 saturated carbocycles. The van der Waals surface area contributed by atoms with Crippen LogP contribution in [0.3, 0.4) is 0 Å². The van der Waals surface area contributed by atoms with Crippen molar-refractivity contribution in [2.45, 2.75) is 12.8 Å². The van der Waals surface area contributed by atoms with Crippen molar-refractivity contribution in [1.29, 1.82) is 0 Å². The van der Waals surface area contributed by atoms with Gasteiger partial charge in [-0.3, -0.25) is 0 Å². The fourth-order valence-corrected chi connectivity index (χ4v) is 1.95. The van der Waals surface area contributed by atoms with Crippen LogP contribution in [0.25, 0.3) is 0 Å². The summed E-state index contributed by atoms with van der Waals surface area (Å²) in [4.78, 5) is 0. The molecule has 3 heteroatoms. The third kappa shape index (κ3) is 4.94. The first-order valence-corrected chi connectivity index (χ1v) is 6.95. The van der Waals surface area contributed by atoms with E-state index in [1.165, 1.54) is 11.6 Å². The van der Waals surface area contributed by atoms with Crippen LogP contribution >= 0.6 is 0 Å². The summed E-state index contributed by atoms with van der Waals surface area (Å²) < 4.78 is 19.1. The number of ether oxygens (including phenoxy) is 1. The molecule has 0 spiro atoms. The summed E-state index contributed by atoms with van der Waals surface area (Å²) in [6.45, 7) is 0.754. The fraction of sp³-hybridized carbons (Fsp3) is 0.222. The second-order valence-corrected chi connectivity index (χ2v) is 4.59. The van der Waals surface area contributed by atoms with Crippen LogP contribution in [0.5, 0.6) is 5.75 Å². The molecule has 2 aromatic carbocycles. The predicted molar refractivity (Wildman–Crippen MR) is 82.6 cm³/mol. The van der Waals surface area contributed by atoms with Gasteiger partial charge in [0.15, 0.2) is 11.6 Å². The molecular weight excluding hydrogens is 265 g/mol. The third-order valence-electron chi connectivity index (χ3n) is 2.98. The van der Waals surface area contributed by atoms with Gasteiger partial charge in [0.1, 0.15) is 0 Å². The van der Waals surface area contributed by atoms with E-state index in [2.05, 4.69) is 24.0 Å². The Labute approximate surface area is 124 Å². The minimum atomic E-state index is -0.368. The van der Waals surface area contributed by atoms with Gasteiger partial charge in [-0.25, -0.2) is 4.39 Å². The standard InChI is InChI=1S/C18H18FNO/c19-17-11-10-16(8-4-12-20)14-18(17)21-13-5-9-15-6-2-1-3-7-15/h1-3,6-7,10-11,14H,5,9,12-13,20H2. The van der Waals surface area contributed by atoms with E-state index >= 15 is 0 Å². The molecule has 0 atom stereocenters. The number of benzene rings is 2. The zero-order valence-electron chi connectivity index (χ0n) is 11.8. The van der Waals surface area contributed by atoms with E-state index in [0.29, 0.717) is 12.2 Å². The lowest BCUT2D eigenvalue weighted by Gasteiger charge is -2.07. The van der Waals surface area contributed by atoms with E-state index in [9.17, 15) is 4.39 Å². The van der Waals surface area contributed by atoms with Gasteiger partial charge in [-0.1, -0.05) is 42.2 Å². The molecule has 0 saturated heterocycles. The maximum absolute atomic E-state index is 13.6. The van der Waals surface area contributed by atoms with Crippen LogP contribution in [0, 0.1) is 17.7 Å². The molecule has 0 fully saturated rings. The van der Waals surface area contributed by atoms with Gasteiger partial charge >= 0.3 is 0 Å². The largest absolute Gasteiger partial charge is 0.490 e. The lowest BCUT2D eigenvalue weighted by molar-refractivity contribution is 0.295. The quantitative estimate of drug-likeness (QED) is 0.676. The number of rotatable bonds is 5. The SMILES string of the molecule is NCC#Cc1ccc(F)c(OCCCc2ccccc2)c1. The summed E-state index contributed by atoms with van der Waals surface area (Å²) in [7, 11) is 0. The third-order valence-corrected chi connectivity index (χ3v) is 2.98. The lowest BCUT2D eigenvalue weighted by atomic mass is 10.1. The first-order chi connectivity index (χ1) is 10.3. The van der Waals surface area contributed by atoms with Gasteiger partial charge in [0, 0.05) is 5.56 Å². The molecule has 0 aliphatic carbocycles. The Bertz CT molecular complexity index is 629. The Morgan fingerprint density at radius 3 is 2.67 bits per heavy atom. The fourth-order valence-electron chi connectivity index (χ4n) is 1.95. The number of halogens is 1. The van der Waals surface area contributed by atoms with E-state index in [4.69, 9.17) is 10.5 Å². The van der Waals surface area contributed by atoms with Crippen molar-refractivity contribution in [3.05, 3.63) is 65.5 Å². The van der Waals surface area contributed by atoms with Gasteiger partial charge in [-0.2, -0.15) is 0 Å². The summed E-state index contributed by atoms with van der Waals surface area (Å²) >= 11 is 0. The minimum absolute atomic E-state index is 0.242. The molecule has 0 heterocycles. The highest BCUT2D eigenvalue weighted by atomic mass is 19.1. The number of aryl methyl sites for hydroxylation is 1. The van der Waals surface area contributed by atoms with Gasteiger partial charge < -0.3 is 10.5 Å². The minimum Gasteiger partial charge on any atom is -0.490 e. The lowest BCUT2D eigenvalue weighted by Crippen LogP contribution is -2.01. The first kappa shape index (κ1) is 15.1. The van der Waals surface area contributed by atoms with Crippen LogP contribution < -0.4 is 10.5 Å². The van der Waals surface area contributed by atoms with Gasteiger partial charge in [0.05, 0.1) is 13.2 Å². The first-order valence-electron chi connectivity index (χ1n) is 6.95. The van der Waals surface area contributed by atoms with Gasteiger partial charge in [-0.05, 0) is 36.6 Å². The molecule has 2 rings (SSSR count). The Balaban J connectivity index is 1.87. The van der Waals surface area contributed by atoms with E-state index in [-0.39, 0.29) is 18.1 Å². The van der Waals surface area contributed by atoms with Gasteiger partial charge in [-0.15, -0.1) is 0 Å². The zero-order valence-corrected chi connectivity index (χ0v) is 11.8. The topological polar surface area (TPSA) is 35.2 Å². The van der Waals surface area contributed by atoms with E-state index in [1.807, 2.05) is 18.2 Å². The van der Waals surface area contributed by atoms with Crippen molar-refractivity contribution in [3.63, 3.8) is 0 Å². The van der Waals surface area contributed by atoms with E-state index < -0.39 is 0 Å². The molecule has 2 aromatic rings. The van der Waals surface area contributed by atoms with Crippen molar-refractivity contribution < 1.29 is 9.13 Å². The highest BCUT2D eigenvalue weighted by Gasteiger charge is 2.04. The average molecular weight is 283 g/mol. The normalized spacial score (nSPS) is 9.81. The van der Waals surface area contributed by atoms with Crippen molar-refractivity contribution >= 4 is 0 Å². The Kier molecular flexibility index (Phi) is 5.81. The van der Waals surface area contributed by atoms with Crippen LogP contribution in [-0.2, 0) is 6.42 Å². The monoisotopic (exact) mass is 283 g/mol. The number of nitrogens with two attached hydrogens (primary N) is 1. The summed E-state index contributed by atoms with van der Waals surface area (Å²) in [6.07, 6.45) is 1.75. The van der Waals surface area contributed by atoms with E-state index in [0.717, 1.165) is 12.8 Å². The molecular formula is C18H18FNO. The van der Waals surface area contributed by atoms with Gasteiger partial charge in [0.2, 0.25) is 0 Å². The van der Waals surface area contributed by atoms with Crippen LogP contribution in [0.2, 0.25) is 0 Å². The van der Waals surface area contributed by atoms with Crippen LogP contribution in [0.4, 0.5) is 4.39 Å². The number of hydrogen-bond acceptors (Lipinski definition) is 2. The highest BCUT2D eigenvalue weighted by molar-refractivity contribution is 5.40. The molecule has 0 amide bonds. The second kappa shape index (κ2) is 8.08. The average Bonchev–Trinajstić information content (AvgIpc) is 2.53. The van der Waals surface area contributed by atoms with E-state index in [1.54, 1.807) is 12.1 Å². The van der Waals surface area contributed by atoms with Crippen LogP contribution in [0.1, 0.15) is 17.5 Å². The molecule has 21 heavy (non-hydrogen) atoms. The Hall–Kier alpha value is -2.31. The molecule has 2 N–H and O–H groups in total. The Morgan fingerprint density at radius 2 is 1.90 bits per heavy atom. The molecule has 0 unspecified atom stereocenters. The maximum atomic E-state index is 13.6. The van der Waals surface area contributed by atoms with Crippen molar-refractivity contribution in [2.24, 2.45) is 5.73 Å². The predicted octanol–water partition coefficient (Wildman–Crippen LogP) is 3.15. The molecule has 0 radical (unpaired) electrons. The van der Waals surface area contributed by atoms with Gasteiger partial charge in [0.25, 0.3) is 0 Å². The summed E-state index contributed by atoms with van der Waals surface area (Å²) in [6, 6.07) is 14.8. The molecule has 0 aliphatic rings. The molecule has 108 valence electrons. The van der Waals surface area contributed by atoms with Crippen molar-refractivity contribution in [2.75, 3.05) is 13.2 Å².